The Morgan fingerprint density at radius 2 is 2.35 bits per heavy atom. The van der Waals surface area contributed by atoms with Gasteiger partial charge in [0.2, 0.25) is 5.82 Å². The van der Waals surface area contributed by atoms with Gasteiger partial charge in [-0.3, -0.25) is 0 Å². The number of hydrogen-bond donors (Lipinski definition) is 1. The van der Waals surface area contributed by atoms with Crippen molar-refractivity contribution in [3.05, 3.63) is 29.3 Å². The number of carbonyl (C=O) groups excluding carboxylic acids is 1. The van der Waals surface area contributed by atoms with Gasteiger partial charge in [-0.25, -0.2) is 4.79 Å². The lowest BCUT2D eigenvalue weighted by Gasteiger charge is -2.00. The molecule has 8 heteroatoms. The molecule has 0 aliphatic rings. The van der Waals surface area contributed by atoms with Gasteiger partial charge in [0.1, 0.15) is 0 Å². The van der Waals surface area contributed by atoms with E-state index in [1.54, 1.807) is 25.1 Å². The molecule has 1 aromatic heterocycles. The molecule has 2 aromatic rings. The van der Waals surface area contributed by atoms with Crippen molar-refractivity contribution < 1.29 is 9.53 Å². The number of nitrogens with zero attached hydrogens (tertiary/aromatic N) is 4. The van der Waals surface area contributed by atoms with Crippen molar-refractivity contribution in [2.45, 2.75) is 6.92 Å². The number of aromatic nitrogens is 4. The predicted octanol–water partition coefficient (Wildman–Crippen LogP) is 1.61. The van der Waals surface area contributed by atoms with Crippen LogP contribution >= 0.6 is 11.6 Å². The molecule has 0 saturated carbocycles. The van der Waals surface area contributed by atoms with Gasteiger partial charge in [-0.15, -0.1) is 15.0 Å². The molecule has 0 spiro atoms. The van der Waals surface area contributed by atoms with Gasteiger partial charge in [-0.2, -0.15) is 0 Å². The minimum atomic E-state index is -0.478. The van der Waals surface area contributed by atoms with E-state index in [4.69, 9.17) is 22.1 Å². The summed E-state index contributed by atoms with van der Waals surface area (Å²) in [6, 6.07) is 4.98. The number of carbonyl (C=O) groups is 1. The first-order chi connectivity index (χ1) is 9.60. The minimum absolute atomic E-state index is 0.304. The van der Waals surface area contributed by atoms with Gasteiger partial charge in [0.15, 0.2) is 0 Å². The fourth-order valence-electron chi connectivity index (χ4n) is 1.44. The van der Waals surface area contributed by atoms with E-state index in [-0.39, 0.29) is 0 Å². The average Bonchev–Trinajstić information content (AvgIpc) is 2.88. The fourth-order valence-corrected chi connectivity index (χ4v) is 1.61. The highest BCUT2D eigenvalue weighted by Gasteiger charge is 2.09. The van der Waals surface area contributed by atoms with Crippen molar-refractivity contribution in [3.63, 3.8) is 0 Å². The van der Waals surface area contributed by atoms with Crippen LogP contribution in [-0.2, 0) is 9.53 Å². The largest absolute Gasteiger partial charge is 0.463 e. The number of rotatable bonds is 4. The second-order valence-electron chi connectivity index (χ2n) is 3.73. The zero-order valence-electron chi connectivity index (χ0n) is 10.7. The summed E-state index contributed by atoms with van der Waals surface area (Å²) in [4.78, 5) is 12.3. The zero-order valence-corrected chi connectivity index (χ0v) is 11.4. The Bertz CT molecular complexity index is 653. The number of benzene rings is 1. The SMILES string of the molecule is CCOC(=O)/C=C\n1nnc(-c2cc(Cl)ccc2N)n1. The van der Waals surface area contributed by atoms with Crippen molar-refractivity contribution in [2.24, 2.45) is 0 Å². The first-order valence-electron chi connectivity index (χ1n) is 5.80. The van der Waals surface area contributed by atoms with E-state index in [1.165, 1.54) is 12.3 Å². The van der Waals surface area contributed by atoms with Crippen LogP contribution in [0.3, 0.4) is 0 Å². The van der Waals surface area contributed by atoms with Crippen molar-refractivity contribution in [2.75, 3.05) is 12.3 Å². The van der Waals surface area contributed by atoms with Gasteiger partial charge in [0.05, 0.1) is 12.8 Å². The molecule has 1 heterocycles. The van der Waals surface area contributed by atoms with E-state index < -0.39 is 5.97 Å². The molecular formula is C12H12ClN5O2. The summed E-state index contributed by atoms with van der Waals surface area (Å²) in [5.74, 6) is -0.160. The third kappa shape index (κ3) is 3.33. The maximum absolute atomic E-state index is 11.2. The molecule has 104 valence electrons. The summed E-state index contributed by atoms with van der Waals surface area (Å²) in [5, 5.41) is 12.2. The van der Waals surface area contributed by atoms with Gasteiger partial charge < -0.3 is 10.5 Å². The summed E-state index contributed by atoms with van der Waals surface area (Å²) in [6.45, 7) is 2.03. The van der Waals surface area contributed by atoms with Gasteiger partial charge >= 0.3 is 5.97 Å². The van der Waals surface area contributed by atoms with Crippen LogP contribution in [0, 0.1) is 0 Å². The molecule has 0 bridgehead atoms. The quantitative estimate of drug-likeness (QED) is 0.522. The monoisotopic (exact) mass is 293 g/mol. The first kappa shape index (κ1) is 14.0. The second kappa shape index (κ2) is 6.16. The summed E-state index contributed by atoms with van der Waals surface area (Å²) in [7, 11) is 0. The third-order valence-corrected chi connectivity index (χ3v) is 2.55. The van der Waals surface area contributed by atoms with Gasteiger partial charge in [-0.05, 0) is 30.3 Å². The van der Waals surface area contributed by atoms with Gasteiger partial charge in [0.25, 0.3) is 0 Å². The van der Waals surface area contributed by atoms with Gasteiger partial charge in [-0.1, -0.05) is 11.6 Å². The van der Waals surface area contributed by atoms with Crippen molar-refractivity contribution in [3.8, 4) is 11.4 Å². The second-order valence-corrected chi connectivity index (χ2v) is 4.17. The van der Waals surface area contributed by atoms with Crippen LogP contribution in [0.2, 0.25) is 5.02 Å². The number of nitrogens with two attached hydrogens (primary N) is 1. The van der Waals surface area contributed by atoms with Crippen molar-refractivity contribution in [1.29, 1.82) is 0 Å². The number of tetrazole rings is 1. The number of ether oxygens (including phenoxy) is 1. The molecule has 0 saturated heterocycles. The summed E-state index contributed by atoms with van der Waals surface area (Å²) >= 11 is 5.90. The smallest absolute Gasteiger partial charge is 0.332 e. The Balaban J connectivity index is 2.21. The lowest BCUT2D eigenvalue weighted by molar-refractivity contribution is -0.137. The van der Waals surface area contributed by atoms with E-state index in [1.807, 2.05) is 0 Å². The predicted molar refractivity (Wildman–Crippen MR) is 74.6 cm³/mol. The Hall–Kier alpha value is -2.41. The van der Waals surface area contributed by atoms with Crippen LogP contribution in [0.15, 0.2) is 24.3 Å². The average molecular weight is 294 g/mol. The van der Waals surface area contributed by atoms with Crippen molar-refractivity contribution >= 4 is 29.5 Å². The number of halogens is 1. The molecule has 0 unspecified atom stereocenters. The summed E-state index contributed by atoms with van der Waals surface area (Å²) in [6.07, 6.45) is 2.55. The topological polar surface area (TPSA) is 95.9 Å². The molecule has 20 heavy (non-hydrogen) atoms. The molecule has 1 aromatic carbocycles. The molecule has 2 N–H and O–H groups in total. The lowest BCUT2D eigenvalue weighted by Crippen LogP contribution is -2.01. The van der Waals surface area contributed by atoms with Crippen LogP contribution in [0.5, 0.6) is 0 Å². The van der Waals surface area contributed by atoms with Crippen LogP contribution in [0.25, 0.3) is 17.6 Å². The van der Waals surface area contributed by atoms with Crippen molar-refractivity contribution in [1.82, 2.24) is 20.2 Å². The number of hydrogen-bond acceptors (Lipinski definition) is 6. The molecule has 0 atom stereocenters. The van der Waals surface area contributed by atoms with E-state index in [2.05, 4.69) is 15.4 Å². The molecule has 2 rings (SSSR count). The normalized spacial score (nSPS) is 10.9. The number of nitrogen functional groups attached to an aromatic ring is 1. The molecule has 7 nitrogen and oxygen atoms in total. The maximum Gasteiger partial charge on any atom is 0.332 e. The fraction of sp³-hybridized carbons (Fsp3) is 0.167. The highest BCUT2D eigenvalue weighted by Crippen LogP contribution is 2.25. The Kier molecular flexibility index (Phi) is 4.31. The number of esters is 1. The maximum atomic E-state index is 11.2. The van der Waals surface area contributed by atoms with Crippen LogP contribution in [0.1, 0.15) is 6.92 Å². The third-order valence-electron chi connectivity index (χ3n) is 2.32. The molecule has 0 aliphatic carbocycles. The van der Waals surface area contributed by atoms with E-state index in [0.29, 0.717) is 28.7 Å². The Morgan fingerprint density at radius 1 is 1.55 bits per heavy atom. The lowest BCUT2D eigenvalue weighted by atomic mass is 10.2. The molecule has 0 radical (unpaired) electrons. The van der Waals surface area contributed by atoms with E-state index in [9.17, 15) is 4.79 Å². The first-order valence-corrected chi connectivity index (χ1v) is 6.18. The standard InChI is InChI=1S/C12H12ClN5O2/c1-2-20-11(19)5-6-18-16-12(15-17-18)9-7-8(13)3-4-10(9)14/h3-7H,2,14H2,1H3/b6-5-. The highest BCUT2D eigenvalue weighted by atomic mass is 35.5. The van der Waals surface area contributed by atoms with Crippen LogP contribution in [0.4, 0.5) is 5.69 Å². The number of anilines is 1. The Morgan fingerprint density at radius 3 is 3.10 bits per heavy atom. The molecule has 0 amide bonds. The molecular weight excluding hydrogens is 282 g/mol. The summed E-state index contributed by atoms with van der Waals surface area (Å²) in [5.41, 5.74) is 6.89. The Labute approximate surface area is 120 Å². The molecule has 0 aliphatic heterocycles. The highest BCUT2D eigenvalue weighted by molar-refractivity contribution is 6.31. The zero-order chi connectivity index (χ0) is 14.5. The van der Waals surface area contributed by atoms with Crippen LogP contribution < -0.4 is 5.73 Å². The van der Waals surface area contributed by atoms with E-state index in [0.717, 1.165) is 4.80 Å². The van der Waals surface area contributed by atoms with Gasteiger partial charge in [0, 0.05) is 22.3 Å². The van der Waals surface area contributed by atoms with Crippen LogP contribution in [-0.4, -0.2) is 32.8 Å². The molecule has 0 fully saturated rings. The van der Waals surface area contributed by atoms with E-state index >= 15 is 0 Å². The summed E-state index contributed by atoms with van der Waals surface area (Å²) < 4.78 is 4.74. The minimum Gasteiger partial charge on any atom is -0.463 e.